The summed E-state index contributed by atoms with van der Waals surface area (Å²) in [5, 5.41) is 4.14. The van der Waals surface area contributed by atoms with Crippen LogP contribution in [0.25, 0.3) is 0 Å². The number of nitrogens with one attached hydrogen (secondary N) is 1. The monoisotopic (exact) mass is 441 g/mol. The second kappa shape index (κ2) is 10.8. The third-order valence-corrected chi connectivity index (χ3v) is 6.74. The summed E-state index contributed by atoms with van der Waals surface area (Å²) in [6.07, 6.45) is 1.00. The van der Waals surface area contributed by atoms with E-state index in [9.17, 15) is 13.2 Å². The van der Waals surface area contributed by atoms with Gasteiger partial charge in [-0.1, -0.05) is 32.9 Å². The van der Waals surface area contributed by atoms with Crippen molar-refractivity contribution in [3.05, 3.63) is 46.2 Å². The number of carbonyl (C=O) groups excluding carboxylic acids is 2. The van der Waals surface area contributed by atoms with Crippen LogP contribution in [0.15, 0.2) is 40.6 Å². The van der Waals surface area contributed by atoms with E-state index in [-0.39, 0.29) is 22.5 Å². The molecule has 0 unspecified atom stereocenters. The first-order chi connectivity index (χ1) is 13.6. The Bertz CT molecular complexity index is 910. The molecule has 0 saturated heterocycles. The van der Waals surface area contributed by atoms with Crippen molar-refractivity contribution in [2.45, 2.75) is 37.5 Å². The summed E-state index contributed by atoms with van der Waals surface area (Å²) in [6.45, 7) is 6.42. The summed E-state index contributed by atoms with van der Waals surface area (Å²) >= 11 is 1.62. The molecule has 0 atom stereocenters. The van der Waals surface area contributed by atoms with E-state index in [0.29, 0.717) is 6.61 Å². The number of urea groups is 1. The van der Waals surface area contributed by atoms with Crippen LogP contribution in [0.3, 0.4) is 0 Å². The highest BCUT2D eigenvalue weighted by Crippen LogP contribution is 2.37. The van der Waals surface area contributed by atoms with Crippen molar-refractivity contribution in [1.29, 1.82) is 0 Å². The van der Waals surface area contributed by atoms with Crippen LogP contribution in [0.4, 0.5) is 4.79 Å². The Morgan fingerprint density at radius 2 is 1.97 bits per heavy atom. The predicted octanol–water partition coefficient (Wildman–Crippen LogP) is 2.36. The molecule has 0 saturated carbocycles. The molecule has 8 nitrogen and oxygen atoms in total. The molecule has 2 rings (SSSR count). The van der Waals surface area contributed by atoms with Gasteiger partial charge in [0.25, 0.3) is 0 Å². The van der Waals surface area contributed by atoms with E-state index in [1.54, 1.807) is 23.5 Å². The van der Waals surface area contributed by atoms with Crippen molar-refractivity contribution >= 4 is 33.6 Å². The molecule has 1 heterocycles. The van der Waals surface area contributed by atoms with Gasteiger partial charge in [0.15, 0.2) is 9.84 Å². The molecule has 0 spiro atoms. The Balaban J connectivity index is 0.00000132. The lowest BCUT2D eigenvalue weighted by Gasteiger charge is -2.25. The van der Waals surface area contributed by atoms with Crippen LogP contribution in [-0.4, -0.2) is 33.3 Å². The number of carbonyl (C=O) groups is 2. The van der Waals surface area contributed by atoms with E-state index in [2.05, 4.69) is 11.1 Å². The molecule has 5 N–H and O–H groups in total. The topological polar surface area (TPSA) is 142 Å². The molecule has 160 valence electrons. The minimum atomic E-state index is -3.80. The summed E-state index contributed by atoms with van der Waals surface area (Å²) in [5.41, 5.74) is 9.67. The Labute approximate surface area is 175 Å². The Hall–Kier alpha value is -2.59. The van der Waals surface area contributed by atoms with E-state index < -0.39 is 21.7 Å². The van der Waals surface area contributed by atoms with Gasteiger partial charge in [-0.3, -0.25) is 4.79 Å². The fraction of sp³-hybridized carbons (Fsp3) is 0.368. The summed E-state index contributed by atoms with van der Waals surface area (Å²) < 4.78 is 31.1. The van der Waals surface area contributed by atoms with Crippen LogP contribution >= 0.6 is 11.3 Å². The first-order valence-electron chi connectivity index (χ1n) is 8.82. The van der Waals surface area contributed by atoms with Crippen molar-refractivity contribution in [2.75, 3.05) is 12.5 Å². The van der Waals surface area contributed by atoms with Crippen molar-refractivity contribution in [1.82, 2.24) is 5.32 Å². The van der Waals surface area contributed by atoms with E-state index in [1.165, 1.54) is 0 Å². The number of hydrogen-bond donors (Lipinski definition) is 3. The quantitative estimate of drug-likeness (QED) is 0.539. The van der Waals surface area contributed by atoms with Crippen LogP contribution in [0.1, 0.15) is 37.6 Å². The van der Waals surface area contributed by atoms with Gasteiger partial charge >= 0.3 is 6.03 Å². The first-order valence-corrected chi connectivity index (χ1v) is 11.4. The van der Waals surface area contributed by atoms with Gasteiger partial charge in [-0.15, -0.1) is 11.3 Å². The second-order valence-corrected chi connectivity index (χ2v) is 9.45. The smallest absolute Gasteiger partial charge is 0.313 e. The maximum atomic E-state index is 12.7. The molecule has 3 amide bonds. The largest absolute Gasteiger partial charge is 0.492 e. The molecule has 1 aromatic carbocycles. The van der Waals surface area contributed by atoms with E-state index in [0.717, 1.165) is 16.9 Å². The zero-order valence-electron chi connectivity index (χ0n) is 16.7. The molecule has 0 fully saturated rings. The number of sulfone groups is 1. The Kier molecular flexibility index (Phi) is 9.12. The van der Waals surface area contributed by atoms with Crippen LogP contribution in [0.2, 0.25) is 0 Å². The number of amides is 3. The van der Waals surface area contributed by atoms with E-state index in [1.807, 2.05) is 44.4 Å². The van der Waals surface area contributed by atoms with Gasteiger partial charge in [-0.25, -0.2) is 13.2 Å². The molecule has 10 heteroatoms. The highest BCUT2D eigenvalue weighted by atomic mass is 32.2. The second-order valence-electron chi connectivity index (χ2n) is 6.55. The SMILES string of the molecule is CCCOc1ccc(C(C)(C)c2cccs2)cc1S(=O)(=O)CNC(N)=O.NC=O. The summed E-state index contributed by atoms with van der Waals surface area (Å²) in [6, 6.07) is 8.29. The van der Waals surface area contributed by atoms with Gasteiger partial charge in [-0.2, -0.15) is 0 Å². The minimum absolute atomic E-state index is 0.0573. The summed E-state index contributed by atoms with van der Waals surface area (Å²) in [4.78, 5) is 20.7. The van der Waals surface area contributed by atoms with Crippen molar-refractivity contribution in [3.8, 4) is 5.75 Å². The average Bonchev–Trinajstić information content (AvgIpc) is 3.21. The lowest BCUT2D eigenvalue weighted by molar-refractivity contribution is -0.106. The molecule has 0 aliphatic heterocycles. The number of nitrogens with two attached hydrogens (primary N) is 2. The number of rotatable bonds is 8. The third-order valence-electron chi connectivity index (χ3n) is 4.04. The van der Waals surface area contributed by atoms with Crippen LogP contribution in [-0.2, 0) is 20.0 Å². The summed E-state index contributed by atoms with van der Waals surface area (Å²) in [7, 11) is -3.80. The molecule has 1 aromatic heterocycles. The maximum absolute atomic E-state index is 12.7. The van der Waals surface area contributed by atoms with E-state index in [4.69, 9.17) is 15.3 Å². The average molecular weight is 442 g/mol. The van der Waals surface area contributed by atoms with Gasteiger partial charge in [-0.05, 0) is 35.6 Å². The number of hydrogen-bond acceptors (Lipinski definition) is 6. The number of benzene rings is 1. The normalized spacial score (nSPS) is 11.1. The highest BCUT2D eigenvalue weighted by molar-refractivity contribution is 7.91. The lowest BCUT2D eigenvalue weighted by Crippen LogP contribution is -2.34. The Morgan fingerprint density at radius 3 is 2.48 bits per heavy atom. The standard InChI is InChI=1S/C18H24N2O4S2.CH3NO/c1-4-9-24-14-8-7-13(18(2,3)16-6-5-10-25-16)11-15(14)26(22,23)12-20-17(19)21;2-1-3/h5-8,10-11H,4,9,12H2,1-3H3,(H3,19,20,21);1H,(H2,2,3). The Morgan fingerprint density at radius 1 is 1.31 bits per heavy atom. The van der Waals surface area contributed by atoms with Gasteiger partial charge in [0.05, 0.1) is 6.61 Å². The number of ether oxygens (including phenoxy) is 1. The molecule has 2 aromatic rings. The van der Waals surface area contributed by atoms with Crippen molar-refractivity contribution < 1.29 is 22.7 Å². The van der Waals surface area contributed by atoms with Crippen LogP contribution in [0, 0.1) is 0 Å². The zero-order valence-corrected chi connectivity index (χ0v) is 18.3. The van der Waals surface area contributed by atoms with Crippen LogP contribution < -0.4 is 21.5 Å². The first kappa shape index (κ1) is 24.4. The zero-order chi connectivity index (χ0) is 22.1. The predicted molar refractivity (Wildman–Crippen MR) is 114 cm³/mol. The van der Waals surface area contributed by atoms with Gasteiger partial charge in [0.2, 0.25) is 6.41 Å². The molecule has 0 bridgehead atoms. The van der Waals surface area contributed by atoms with Gasteiger partial charge in [0.1, 0.15) is 16.5 Å². The van der Waals surface area contributed by atoms with Crippen LogP contribution in [0.5, 0.6) is 5.75 Å². The van der Waals surface area contributed by atoms with E-state index >= 15 is 0 Å². The van der Waals surface area contributed by atoms with Gasteiger partial charge < -0.3 is 21.5 Å². The fourth-order valence-electron chi connectivity index (χ4n) is 2.49. The summed E-state index contributed by atoms with van der Waals surface area (Å²) in [5.74, 6) is -0.294. The molecule has 0 radical (unpaired) electrons. The van der Waals surface area contributed by atoms with Crippen molar-refractivity contribution in [3.63, 3.8) is 0 Å². The van der Waals surface area contributed by atoms with Crippen molar-refractivity contribution in [2.24, 2.45) is 11.5 Å². The van der Waals surface area contributed by atoms with Gasteiger partial charge in [0, 0.05) is 10.3 Å². The lowest BCUT2D eigenvalue weighted by atomic mass is 9.83. The minimum Gasteiger partial charge on any atom is -0.492 e. The molecular formula is C19H27N3O5S2. The molecule has 29 heavy (non-hydrogen) atoms. The molecular weight excluding hydrogens is 414 g/mol. The third kappa shape index (κ3) is 6.75. The highest BCUT2D eigenvalue weighted by Gasteiger charge is 2.28. The number of thiophene rings is 1. The molecule has 0 aliphatic carbocycles. The maximum Gasteiger partial charge on any atom is 0.313 e. The fourth-order valence-corrected chi connectivity index (χ4v) is 4.59. The molecule has 0 aliphatic rings. The number of primary amides is 2.